The highest BCUT2D eigenvalue weighted by Crippen LogP contribution is 2.52. The summed E-state index contributed by atoms with van der Waals surface area (Å²) < 4.78 is 4.94. The van der Waals surface area contributed by atoms with Crippen LogP contribution in [0.15, 0.2) is 35.5 Å². The van der Waals surface area contributed by atoms with Crippen LogP contribution in [0.5, 0.6) is 5.75 Å². The number of benzene rings is 1. The van der Waals surface area contributed by atoms with Crippen molar-refractivity contribution in [3.05, 3.63) is 46.0 Å². The molecule has 1 saturated heterocycles. The number of carbonyl (C=O) groups is 2. The first kappa shape index (κ1) is 15.5. The second-order valence-electron chi connectivity index (χ2n) is 6.42. The van der Waals surface area contributed by atoms with Crippen LogP contribution in [0.25, 0.3) is 0 Å². The monoisotopic (exact) mass is 341 g/mol. The number of imide groups is 1. The highest BCUT2D eigenvalue weighted by molar-refractivity contribution is 6.06. The smallest absolute Gasteiger partial charge is 0.311 e. The van der Waals surface area contributed by atoms with Crippen LogP contribution in [0.1, 0.15) is 12.0 Å². The van der Waals surface area contributed by atoms with E-state index in [1.54, 1.807) is 6.07 Å². The lowest BCUT2D eigenvalue weighted by molar-refractivity contribution is -0.385. The molecule has 3 aliphatic rings. The third-order valence-electron chi connectivity index (χ3n) is 5.17. The molecule has 128 valence electrons. The van der Waals surface area contributed by atoms with Crippen molar-refractivity contribution in [3.63, 3.8) is 0 Å². The van der Waals surface area contributed by atoms with Gasteiger partial charge in [0, 0.05) is 11.6 Å². The van der Waals surface area contributed by atoms with Gasteiger partial charge in [0.05, 0.1) is 30.1 Å². The van der Waals surface area contributed by atoms with Gasteiger partial charge in [0.25, 0.3) is 11.8 Å². The molecule has 0 radical (unpaired) electrons. The summed E-state index contributed by atoms with van der Waals surface area (Å²) in [5.41, 5.74) is 0.205. The van der Waals surface area contributed by atoms with E-state index in [4.69, 9.17) is 4.74 Å². The van der Waals surface area contributed by atoms with E-state index in [1.165, 1.54) is 25.5 Å². The Labute approximate surface area is 142 Å². The van der Waals surface area contributed by atoms with Gasteiger partial charge < -0.3 is 4.74 Å². The number of hydrogen-bond acceptors (Lipinski definition) is 6. The molecule has 1 aromatic carbocycles. The van der Waals surface area contributed by atoms with Crippen molar-refractivity contribution >= 4 is 23.7 Å². The van der Waals surface area contributed by atoms with Crippen LogP contribution in [0, 0.1) is 33.8 Å². The fraction of sp³-hybridized carbons (Fsp3) is 0.353. The molecule has 0 spiro atoms. The summed E-state index contributed by atoms with van der Waals surface area (Å²) in [4.78, 5) is 35.5. The number of nitrogens with zero attached hydrogens (tertiary/aromatic N) is 3. The summed E-state index contributed by atoms with van der Waals surface area (Å²) in [5.74, 6) is -0.831. The molecule has 25 heavy (non-hydrogen) atoms. The highest BCUT2D eigenvalue weighted by atomic mass is 16.6. The molecular weight excluding hydrogens is 326 g/mol. The molecule has 1 aliphatic heterocycles. The molecule has 2 bridgehead atoms. The average Bonchev–Trinajstić information content (AvgIpc) is 3.28. The number of carbonyl (C=O) groups excluding carboxylic acids is 2. The van der Waals surface area contributed by atoms with Gasteiger partial charge in [-0.25, -0.2) is 0 Å². The van der Waals surface area contributed by atoms with E-state index >= 15 is 0 Å². The summed E-state index contributed by atoms with van der Waals surface area (Å²) in [6.45, 7) is 0. The first-order valence-electron chi connectivity index (χ1n) is 7.94. The van der Waals surface area contributed by atoms with Gasteiger partial charge in [0.2, 0.25) is 0 Å². The molecule has 8 nitrogen and oxygen atoms in total. The van der Waals surface area contributed by atoms with Crippen LogP contribution < -0.4 is 4.74 Å². The Hall–Kier alpha value is -3.03. The Morgan fingerprint density at radius 3 is 2.44 bits per heavy atom. The predicted molar refractivity (Wildman–Crippen MR) is 86.8 cm³/mol. The molecule has 1 heterocycles. The zero-order chi connectivity index (χ0) is 17.7. The Balaban J connectivity index is 1.59. The number of nitro groups is 1. The molecule has 2 fully saturated rings. The highest BCUT2D eigenvalue weighted by Gasteiger charge is 2.59. The van der Waals surface area contributed by atoms with Gasteiger partial charge in [-0.1, -0.05) is 12.2 Å². The molecule has 1 saturated carbocycles. The van der Waals surface area contributed by atoms with Crippen LogP contribution in [0.2, 0.25) is 0 Å². The Morgan fingerprint density at radius 1 is 1.24 bits per heavy atom. The van der Waals surface area contributed by atoms with Crippen molar-refractivity contribution in [2.45, 2.75) is 6.42 Å². The van der Waals surface area contributed by atoms with E-state index < -0.39 is 4.92 Å². The van der Waals surface area contributed by atoms with E-state index in [0.717, 1.165) is 11.4 Å². The molecule has 0 N–H and O–H groups in total. The van der Waals surface area contributed by atoms with Gasteiger partial charge in [-0.3, -0.25) is 19.7 Å². The number of rotatable bonds is 4. The first-order valence-corrected chi connectivity index (χ1v) is 7.94. The van der Waals surface area contributed by atoms with Gasteiger partial charge in [-0.2, -0.15) is 10.1 Å². The summed E-state index contributed by atoms with van der Waals surface area (Å²) >= 11 is 0. The van der Waals surface area contributed by atoms with E-state index in [1.807, 2.05) is 12.2 Å². The van der Waals surface area contributed by atoms with Crippen molar-refractivity contribution in [1.82, 2.24) is 5.01 Å². The van der Waals surface area contributed by atoms with Crippen molar-refractivity contribution in [1.29, 1.82) is 0 Å². The van der Waals surface area contributed by atoms with Gasteiger partial charge >= 0.3 is 5.69 Å². The van der Waals surface area contributed by atoms with E-state index in [9.17, 15) is 19.7 Å². The third kappa shape index (κ3) is 2.25. The summed E-state index contributed by atoms with van der Waals surface area (Å²) in [6, 6.07) is 4.32. The zero-order valence-electron chi connectivity index (χ0n) is 13.4. The number of nitro benzene ring substituents is 1. The maximum absolute atomic E-state index is 12.5. The molecule has 2 aliphatic carbocycles. The number of hydrazone groups is 1. The number of methoxy groups -OCH3 is 1. The first-order chi connectivity index (χ1) is 12.0. The minimum atomic E-state index is -0.559. The quantitative estimate of drug-likeness (QED) is 0.273. The number of hydrogen-bond donors (Lipinski definition) is 0. The third-order valence-corrected chi connectivity index (χ3v) is 5.17. The van der Waals surface area contributed by atoms with Crippen LogP contribution in [-0.4, -0.2) is 35.1 Å². The average molecular weight is 341 g/mol. The second kappa shape index (κ2) is 5.51. The SMILES string of the molecule is COc1ccc(/C=N\N2C(=O)[C@@H]3[C@H](C2=O)[C@H]2C=C[C@H]3C2)cc1[N+](=O)[O-]. The van der Waals surface area contributed by atoms with Gasteiger partial charge in [-0.05, 0) is 30.4 Å². The molecule has 4 atom stereocenters. The van der Waals surface area contributed by atoms with Crippen molar-refractivity contribution < 1.29 is 19.2 Å². The van der Waals surface area contributed by atoms with Gasteiger partial charge in [0.15, 0.2) is 5.75 Å². The lowest BCUT2D eigenvalue weighted by Crippen LogP contribution is -2.28. The number of ether oxygens (including phenoxy) is 1. The summed E-state index contributed by atoms with van der Waals surface area (Å²) in [5, 5.41) is 16.0. The largest absolute Gasteiger partial charge is 0.490 e. The van der Waals surface area contributed by atoms with E-state index in [0.29, 0.717) is 5.56 Å². The maximum atomic E-state index is 12.5. The van der Waals surface area contributed by atoms with Crippen molar-refractivity contribution in [2.24, 2.45) is 28.8 Å². The van der Waals surface area contributed by atoms with Crippen LogP contribution in [0.4, 0.5) is 5.69 Å². The lowest BCUT2D eigenvalue weighted by atomic mass is 9.85. The second-order valence-corrected chi connectivity index (χ2v) is 6.42. The van der Waals surface area contributed by atoms with Crippen LogP contribution in [-0.2, 0) is 9.59 Å². The standard InChI is InChI=1S/C17H15N3O5/c1-25-13-5-2-9(6-12(13)20(23)24)8-18-19-16(21)14-10-3-4-11(7-10)15(14)17(19)22/h2-6,8,10-11,14-15H,7H2,1H3/b18-8-/t10-,11-,14-,15+/m0/s1. The molecule has 2 amide bonds. The number of allylic oxidation sites excluding steroid dienone is 2. The van der Waals surface area contributed by atoms with E-state index in [2.05, 4.69) is 5.10 Å². The molecule has 4 rings (SSSR count). The summed E-state index contributed by atoms with van der Waals surface area (Å²) in [7, 11) is 1.35. The minimum Gasteiger partial charge on any atom is -0.490 e. The Bertz CT molecular complexity index is 817. The Morgan fingerprint density at radius 2 is 1.88 bits per heavy atom. The van der Waals surface area contributed by atoms with Crippen molar-refractivity contribution in [2.75, 3.05) is 7.11 Å². The van der Waals surface area contributed by atoms with Crippen molar-refractivity contribution in [3.8, 4) is 5.75 Å². The normalized spacial score (nSPS) is 29.7. The van der Waals surface area contributed by atoms with Gasteiger partial charge in [-0.15, -0.1) is 0 Å². The van der Waals surface area contributed by atoms with Crippen LogP contribution >= 0.6 is 0 Å². The fourth-order valence-electron chi connectivity index (χ4n) is 4.05. The number of amides is 2. The molecular formula is C17H15N3O5. The summed E-state index contributed by atoms with van der Waals surface area (Å²) in [6.07, 6.45) is 6.17. The van der Waals surface area contributed by atoms with Crippen LogP contribution in [0.3, 0.4) is 0 Å². The Kier molecular flexibility index (Phi) is 3.41. The molecule has 1 aromatic rings. The minimum absolute atomic E-state index is 0.119. The molecule has 8 heteroatoms. The fourth-order valence-corrected chi connectivity index (χ4v) is 4.05. The molecule has 0 aromatic heterocycles. The number of fused-ring (bicyclic) bond motifs is 5. The zero-order valence-corrected chi connectivity index (χ0v) is 13.4. The van der Waals surface area contributed by atoms with E-state index in [-0.39, 0.29) is 46.9 Å². The maximum Gasteiger partial charge on any atom is 0.311 e. The predicted octanol–water partition coefficient (Wildman–Crippen LogP) is 1.74. The lowest BCUT2D eigenvalue weighted by Gasteiger charge is -2.13. The molecule has 0 unspecified atom stereocenters. The van der Waals surface area contributed by atoms with Gasteiger partial charge in [0.1, 0.15) is 0 Å². The topological polar surface area (TPSA) is 102 Å².